The number of nitrogens with zero attached hydrogens (tertiary/aromatic N) is 6. The van der Waals surface area contributed by atoms with Crippen molar-refractivity contribution in [1.82, 2.24) is 19.7 Å². The van der Waals surface area contributed by atoms with E-state index in [1.165, 1.54) is 17.1 Å². The summed E-state index contributed by atoms with van der Waals surface area (Å²) in [6, 6.07) is 23.3. The fourth-order valence-electron chi connectivity index (χ4n) is 4.01. The average Bonchev–Trinajstić information content (AvgIpc) is 3.01. The topological polar surface area (TPSA) is 148 Å². The van der Waals surface area contributed by atoms with E-state index in [0.717, 1.165) is 5.56 Å². The van der Waals surface area contributed by atoms with Crippen molar-refractivity contribution in [3.8, 4) is 46.1 Å². The van der Waals surface area contributed by atoms with Crippen LogP contribution in [0.2, 0.25) is 5.02 Å². The maximum Gasteiger partial charge on any atom is 0.294 e. The predicted molar refractivity (Wildman–Crippen MR) is 162 cm³/mol. The van der Waals surface area contributed by atoms with Crippen molar-refractivity contribution in [2.24, 2.45) is 5.10 Å². The molecule has 214 valence electrons. The lowest BCUT2D eigenvalue weighted by Crippen LogP contribution is -2.21. The van der Waals surface area contributed by atoms with Crippen molar-refractivity contribution >= 4 is 23.8 Å². The summed E-state index contributed by atoms with van der Waals surface area (Å²) in [7, 11) is 0. The van der Waals surface area contributed by atoms with Crippen molar-refractivity contribution in [1.29, 1.82) is 5.26 Å². The molecule has 0 bridgehead atoms. The standard InChI is InChI=1S/C31H24ClN7O4/c1-3-42-25-15-20(17-34-38-31-36-28(21-7-5-4-6-8-21)23(16-33)29(40)37-31)11-14-24(25)43-26-18-35-39(30(41)27(26)32)22-12-9-19(2)10-13-22/h4-15,17-18H,3H2,1-2H3,(H2,36,37,38,40). The van der Waals surface area contributed by atoms with Gasteiger partial charge in [-0.2, -0.15) is 25.1 Å². The first-order valence-electron chi connectivity index (χ1n) is 13.0. The van der Waals surface area contributed by atoms with E-state index in [4.69, 9.17) is 21.1 Å². The van der Waals surface area contributed by atoms with E-state index in [9.17, 15) is 15.2 Å². The number of halogens is 1. The molecule has 0 aliphatic heterocycles. The molecule has 0 aliphatic rings. The highest BCUT2D eigenvalue weighted by Crippen LogP contribution is 2.34. The van der Waals surface area contributed by atoms with Gasteiger partial charge in [0, 0.05) is 5.56 Å². The molecule has 2 heterocycles. The number of ether oxygens (including phenoxy) is 2. The third-order valence-corrected chi connectivity index (χ3v) is 6.43. The van der Waals surface area contributed by atoms with Gasteiger partial charge in [0.05, 0.1) is 30.4 Å². The smallest absolute Gasteiger partial charge is 0.294 e. The number of hydrogen-bond donors (Lipinski definition) is 2. The highest BCUT2D eigenvalue weighted by atomic mass is 35.5. The minimum atomic E-state index is -0.526. The van der Waals surface area contributed by atoms with Crippen LogP contribution in [0.3, 0.4) is 0 Å². The number of hydrogen-bond acceptors (Lipinski definition) is 10. The largest absolute Gasteiger partial charge is 0.492 e. The van der Waals surface area contributed by atoms with Crippen LogP contribution in [0.5, 0.6) is 23.1 Å². The van der Waals surface area contributed by atoms with E-state index in [1.807, 2.05) is 38.1 Å². The van der Waals surface area contributed by atoms with Gasteiger partial charge in [0.25, 0.3) is 5.56 Å². The van der Waals surface area contributed by atoms with Crippen molar-refractivity contribution in [2.45, 2.75) is 13.8 Å². The highest BCUT2D eigenvalue weighted by molar-refractivity contribution is 6.31. The SMILES string of the molecule is CCOc1cc(C=NNc2nc(O)c(C#N)c(-c3ccccc3)n2)ccc1Oc1cnn(-c2ccc(C)cc2)c(=O)c1Cl. The molecule has 0 saturated heterocycles. The highest BCUT2D eigenvalue weighted by Gasteiger charge is 2.17. The lowest BCUT2D eigenvalue weighted by atomic mass is 10.1. The molecule has 2 aromatic heterocycles. The van der Waals surface area contributed by atoms with Crippen LogP contribution >= 0.6 is 11.6 Å². The van der Waals surface area contributed by atoms with E-state index < -0.39 is 11.4 Å². The van der Waals surface area contributed by atoms with E-state index >= 15 is 0 Å². The Morgan fingerprint density at radius 2 is 1.84 bits per heavy atom. The van der Waals surface area contributed by atoms with Crippen LogP contribution in [0.4, 0.5) is 5.95 Å². The van der Waals surface area contributed by atoms with Gasteiger partial charge in [-0.05, 0) is 49.7 Å². The average molecular weight is 594 g/mol. The number of aromatic hydroxyl groups is 1. The second-order valence-electron chi connectivity index (χ2n) is 9.06. The first-order chi connectivity index (χ1) is 20.9. The van der Waals surface area contributed by atoms with Gasteiger partial charge >= 0.3 is 0 Å². The molecule has 0 fully saturated rings. The molecule has 3 aromatic carbocycles. The van der Waals surface area contributed by atoms with Crippen LogP contribution in [0, 0.1) is 18.3 Å². The van der Waals surface area contributed by atoms with Gasteiger partial charge in [-0.25, -0.2) is 10.4 Å². The van der Waals surface area contributed by atoms with Gasteiger partial charge in [-0.3, -0.25) is 4.79 Å². The number of rotatable bonds is 9. The number of anilines is 1. The zero-order valence-corrected chi connectivity index (χ0v) is 23.8. The Morgan fingerprint density at radius 3 is 2.56 bits per heavy atom. The lowest BCUT2D eigenvalue weighted by molar-refractivity contribution is 0.321. The molecule has 0 radical (unpaired) electrons. The minimum absolute atomic E-state index is 0.000832. The number of nitrogens with one attached hydrogen (secondary N) is 1. The van der Waals surface area contributed by atoms with Crippen LogP contribution in [0.15, 0.2) is 88.9 Å². The second-order valence-corrected chi connectivity index (χ2v) is 9.44. The summed E-state index contributed by atoms with van der Waals surface area (Å²) in [6.07, 6.45) is 2.86. The van der Waals surface area contributed by atoms with E-state index in [-0.39, 0.29) is 28.0 Å². The number of benzene rings is 3. The molecule has 12 heteroatoms. The number of aryl methyl sites for hydroxylation is 1. The molecular weight excluding hydrogens is 570 g/mol. The Labute approximate surface area is 251 Å². The Balaban J connectivity index is 1.36. The number of aromatic nitrogens is 4. The van der Waals surface area contributed by atoms with Gasteiger partial charge in [0.15, 0.2) is 22.3 Å². The van der Waals surface area contributed by atoms with Crippen LogP contribution in [0.1, 0.15) is 23.6 Å². The van der Waals surface area contributed by atoms with Gasteiger partial charge in [0.1, 0.15) is 11.6 Å². The maximum absolute atomic E-state index is 12.9. The van der Waals surface area contributed by atoms with Crippen LogP contribution < -0.4 is 20.5 Å². The molecule has 0 saturated carbocycles. The number of nitriles is 1. The van der Waals surface area contributed by atoms with Crippen LogP contribution in [0.25, 0.3) is 16.9 Å². The monoisotopic (exact) mass is 593 g/mol. The number of hydrazone groups is 1. The predicted octanol–water partition coefficient (Wildman–Crippen LogP) is 5.87. The van der Waals surface area contributed by atoms with Crippen LogP contribution in [-0.2, 0) is 0 Å². The maximum atomic E-state index is 12.9. The summed E-state index contributed by atoms with van der Waals surface area (Å²) in [4.78, 5) is 21.2. The molecule has 5 aromatic rings. The molecule has 0 aliphatic carbocycles. The Kier molecular flexibility index (Phi) is 8.60. The van der Waals surface area contributed by atoms with Crippen molar-refractivity contribution in [2.75, 3.05) is 12.0 Å². The molecule has 11 nitrogen and oxygen atoms in total. The Morgan fingerprint density at radius 1 is 1.07 bits per heavy atom. The first kappa shape index (κ1) is 28.8. The molecule has 0 amide bonds. The zero-order chi connectivity index (χ0) is 30.3. The molecular formula is C31H24ClN7O4. The van der Waals surface area contributed by atoms with Crippen LogP contribution in [-0.4, -0.2) is 37.7 Å². The third-order valence-electron chi connectivity index (χ3n) is 6.08. The van der Waals surface area contributed by atoms with Gasteiger partial charge < -0.3 is 14.6 Å². The minimum Gasteiger partial charge on any atom is -0.492 e. The zero-order valence-electron chi connectivity index (χ0n) is 23.0. The van der Waals surface area contributed by atoms with E-state index in [2.05, 4.69) is 25.6 Å². The summed E-state index contributed by atoms with van der Waals surface area (Å²) in [5.41, 5.74) is 5.28. The molecule has 5 rings (SSSR count). The Bertz CT molecular complexity index is 1900. The molecule has 0 atom stereocenters. The summed E-state index contributed by atoms with van der Waals surface area (Å²) >= 11 is 6.38. The van der Waals surface area contributed by atoms with Gasteiger partial charge in [-0.15, -0.1) is 0 Å². The summed E-state index contributed by atoms with van der Waals surface area (Å²) in [5, 5.41) is 28.0. The Hall–Kier alpha value is -5.73. The summed E-state index contributed by atoms with van der Waals surface area (Å²) < 4.78 is 12.9. The second kappa shape index (κ2) is 12.8. The lowest BCUT2D eigenvalue weighted by Gasteiger charge is -2.13. The molecule has 43 heavy (non-hydrogen) atoms. The molecule has 0 unspecified atom stereocenters. The normalized spacial score (nSPS) is 10.8. The quantitative estimate of drug-likeness (QED) is 0.158. The summed E-state index contributed by atoms with van der Waals surface area (Å²) in [6.45, 7) is 4.11. The molecule has 2 N–H and O–H groups in total. The van der Waals surface area contributed by atoms with Crippen molar-refractivity contribution in [3.05, 3.63) is 111 Å². The van der Waals surface area contributed by atoms with Crippen molar-refractivity contribution in [3.63, 3.8) is 0 Å². The summed E-state index contributed by atoms with van der Waals surface area (Å²) in [5.74, 6) is 0.305. The first-order valence-corrected chi connectivity index (χ1v) is 13.4. The fraction of sp³-hybridized carbons (Fsp3) is 0.0968. The van der Waals surface area contributed by atoms with Crippen molar-refractivity contribution < 1.29 is 14.6 Å². The third kappa shape index (κ3) is 6.45. The van der Waals surface area contributed by atoms with E-state index in [0.29, 0.717) is 34.9 Å². The van der Waals surface area contributed by atoms with Gasteiger partial charge in [-0.1, -0.05) is 59.6 Å². The van der Waals surface area contributed by atoms with Gasteiger partial charge in [0.2, 0.25) is 11.8 Å². The fourth-order valence-corrected chi connectivity index (χ4v) is 4.17. The van der Waals surface area contributed by atoms with E-state index in [1.54, 1.807) is 54.6 Å². The molecule has 0 spiro atoms.